The number of nitrogens with zero attached hydrogens (tertiary/aromatic N) is 2. The van der Waals surface area contributed by atoms with E-state index in [1.54, 1.807) is 12.1 Å². The molecule has 100 valence electrons. The minimum atomic E-state index is 0.0688. The fourth-order valence-corrected chi connectivity index (χ4v) is 1.49. The zero-order valence-electron chi connectivity index (χ0n) is 10.5. The first kappa shape index (κ1) is 12.9. The molecule has 2 aromatic rings. The van der Waals surface area contributed by atoms with Crippen LogP contribution in [0.1, 0.15) is 6.92 Å². The highest BCUT2D eigenvalue weighted by Gasteiger charge is 2.08. The number of hydrazine groups is 1. The van der Waals surface area contributed by atoms with Crippen LogP contribution in [0.3, 0.4) is 0 Å². The molecule has 19 heavy (non-hydrogen) atoms. The van der Waals surface area contributed by atoms with Crippen LogP contribution in [0, 0.1) is 0 Å². The van der Waals surface area contributed by atoms with Gasteiger partial charge in [-0.15, -0.1) is 0 Å². The summed E-state index contributed by atoms with van der Waals surface area (Å²) in [6, 6.07) is 8.83. The number of anilines is 2. The van der Waals surface area contributed by atoms with E-state index >= 15 is 0 Å². The minimum Gasteiger partial charge on any atom is -0.490 e. The molecule has 0 radical (unpaired) electrons. The summed E-state index contributed by atoms with van der Waals surface area (Å²) >= 11 is 0. The molecule has 0 fully saturated rings. The molecule has 0 spiro atoms. The standard InChI is InChI=1S/C12H15N5O2/c1-2-18-8-5-3-4-6-9(8)19-11-7-10(17-14)15-12(13)16-11/h3-7H,2,14H2,1H3,(H3,13,15,16,17). The maximum Gasteiger partial charge on any atom is 0.226 e. The second-order valence-electron chi connectivity index (χ2n) is 3.58. The molecule has 1 aromatic heterocycles. The first-order valence-corrected chi connectivity index (χ1v) is 5.73. The molecule has 0 aliphatic heterocycles. The molecular formula is C12H15N5O2. The van der Waals surface area contributed by atoms with Gasteiger partial charge in [-0.05, 0) is 19.1 Å². The lowest BCUT2D eigenvalue weighted by Gasteiger charge is -2.11. The lowest BCUT2D eigenvalue weighted by Crippen LogP contribution is -2.10. The Balaban J connectivity index is 2.28. The summed E-state index contributed by atoms with van der Waals surface area (Å²) < 4.78 is 11.1. The van der Waals surface area contributed by atoms with Crippen molar-refractivity contribution in [3.05, 3.63) is 30.3 Å². The van der Waals surface area contributed by atoms with Gasteiger partial charge in [-0.25, -0.2) is 5.84 Å². The van der Waals surface area contributed by atoms with Gasteiger partial charge in [0.2, 0.25) is 11.8 Å². The summed E-state index contributed by atoms with van der Waals surface area (Å²) in [5, 5.41) is 0. The zero-order chi connectivity index (χ0) is 13.7. The molecule has 0 saturated heterocycles. The van der Waals surface area contributed by atoms with Crippen LogP contribution < -0.4 is 26.5 Å². The van der Waals surface area contributed by atoms with Crippen LogP contribution in [-0.2, 0) is 0 Å². The van der Waals surface area contributed by atoms with Gasteiger partial charge in [-0.3, -0.25) is 0 Å². The molecule has 0 aliphatic carbocycles. The van der Waals surface area contributed by atoms with Crippen LogP contribution in [0.4, 0.5) is 11.8 Å². The summed E-state index contributed by atoms with van der Waals surface area (Å²) in [5.74, 6) is 7.18. The monoisotopic (exact) mass is 261 g/mol. The molecule has 1 heterocycles. The zero-order valence-corrected chi connectivity index (χ0v) is 10.5. The molecule has 0 unspecified atom stereocenters. The van der Waals surface area contributed by atoms with E-state index in [2.05, 4.69) is 15.4 Å². The Labute approximate surface area is 110 Å². The van der Waals surface area contributed by atoms with Gasteiger partial charge in [-0.1, -0.05) is 12.1 Å². The first-order valence-electron chi connectivity index (χ1n) is 5.73. The van der Waals surface area contributed by atoms with E-state index in [9.17, 15) is 0 Å². The SMILES string of the molecule is CCOc1ccccc1Oc1cc(NN)nc(N)n1. The third kappa shape index (κ3) is 3.23. The third-order valence-electron chi connectivity index (χ3n) is 2.23. The fraction of sp³-hybridized carbons (Fsp3) is 0.167. The predicted molar refractivity (Wildman–Crippen MR) is 71.9 cm³/mol. The Morgan fingerprint density at radius 1 is 1.21 bits per heavy atom. The molecule has 7 nitrogen and oxygen atoms in total. The molecule has 1 aromatic carbocycles. The van der Waals surface area contributed by atoms with Gasteiger partial charge in [0.15, 0.2) is 11.5 Å². The van der Waals surface area contributed by atoms with Gasteiger partial charge in [-0.2, -0.15) is 9.97 Å². The average molecular weight is 261 g/mol. The average Bonchev–Trinajstić information content (AvgIpc) is 2.40. The van der Waals surface area contributed by atoms with E-state index in [0.717, 1.165) is 0 Å². The van der Waals surface area contributed by atoms with Crippen molar-refractivity contribution >= 4 is 11.8 Å². The molecule has 0 saturated carbocycles. The van der Waals surface area contributed by atoms with Crippen molar-refractivity contribution in [2.24, 2.45) is 5.84 Å². The second-order valence-corrected chi connectivity index (χ2v) is 3.58. The second kappa shape index (κ2) is 5.87. The Morgan fingerprint density at radius 3 is 2.63 bits per heavy atom. The van der Waals surface area contributed by atoms with Gasteiger partial charge < -0.3 is 20.6 Å². The Bertz CT molecular complexity index is 562. The lowest BCUT2D eigenvalue weighted by molar-refractivity contribution is 0.319. The molecule has 0 bridgehead atoms. The van der Waals surface area contributed by atoms with Gasteiger partial charge in [0.25, 0.3) is 0 Å². The van der Waals surface area contributed by atoms with Gasteiger partial charge in [0.05, 0.1) is 6.61 Å². The molecular weight excluding hydrogens is 246 g/mol. The Morgan fingerprint density at radius 2 is 1.95 bits per heavy atom. The minimum absolute atomic E-state index is 0.0688. The number of nitrogens with one attached hydrogen (secondary N) is 1. The number of benzene rings is 1. The summed E-state index contributed by atoms with van der Waals surface area (Å²) in [6.45, 7) is 2.44. The van der Waals surface area contributed by atoms with Crippen molar-refractivity contribution in [2.75, 3.05) is 17.8 Å². The number of ether oxygens (including phenoxy) is 2. The van der Waals surface area contributed by atoms with Crippen molar-refractivity contribution in [3.8, 4) is 17.4 Å². The van der Waals surface area contributed by atoms with Crippen LogP contribution >= 0.6 is 0 Å². The summed E-state index contributed by atoms with van der Waals surface area (Å²) in [5.41, 5.74) is 7.95. The summed E-state index contributed by atoms with van der Waals surface area (Å²) in [6.07, 6.45) is 0. The number of nitrogens with two attached hydrogens (primary N) is 2. The normalized spacial score (nSPS) is 10.0. The van der Waals surface area contributed by atoms with Crippen LogP contribution in [0.25, 0.3) is 0 Å². The fourth-order valence-electron chi connectivity index (χ4n) is 1.49. The van der Waals surface area contributed by atoms with E-state index in [1.165, 1.54) is 0 Å². The number of hydrogen-bond donors (Lipinski definition) is 3. The van der Waals surface area contributed by atoms with Crippen LogP contribution in [0.15, 0.2) is 30.3 Å². The van der Waals surface area contributed by atoms with Crippen molar-refractivity contribution in [1.29, 1.82) is 0 Å². The van der Waals surface area contributed by atoms with E-state index in [-0.39, 0.29) is 11.8 Å². The first-order chi connectivity index (χ1) is 9.22. The summed E-state index contributed by atoms with van der Waals surface area (Å²) in [7, 11) is 0. The van der Waals surface area contributed by atoms with Gasteiger partial charge in [0, 0.05) is 6.07 Å². The highest BCUT2D eigenvalue weighted by Crippen LogP contribution is 2.31. The highest BCUT2D eigenvalue weighted by molar-refractivity contribution is 5.46. The van der Waals surface area contributed by atoms with Gasteiger partial charge in [0.1, 0.15) is 5.82 Å². The number of para-hydroxylation sites is 2. The maximum absolute atomic E-state index is 5.63. The lowest BCUT2D eigenvalue weighted by atomic mass is 10.3. The molecule has 0 amide bonds. The van der Waals surface area contributed by atoms with Crippen molar-refractivity contribution < 1.29 is 9.47 Å². The molecule has 5 N–H and O–H groups in total. The van der Waals surface area contributed by atoms with Crippen molar-refractivity contribution in [3.63, 3.8) is 0 Å². The maximum atomic E-state index is 5.63. The van der Waals surface area contributed by atoms with Crippen molar-refractivity contribution in [1.82, 2.24) is 9.97 Å². The molecule has 7 heteroatoms. The summed E-state index contributed by atoms with van der Waals surface area (Å²) in [4.78, 5) is 7.84. The van der Waals surface area contributed by atoms with Crippen molar-refractivity contribution in [2.45, 2.75) is 6.92 Å². The van der Waals surface area contributed by atoms with Gasteiger partial charge >= 0.3 is 0 Å². The predicted octanol–water partition coefficient (Wildman–Crippen LogP) is 1.54. The molecule has 2 rings (SSSR count). The number of aromatic nitrogens is 2. The number of rotatable bonds is 5. The van der Waals surface area contributed by atoms with E-state index in [0.29, 0.717) is 23.9 Å². The quantitative estimate of drug-likeness (QED) is 0.553. The largest absolute Gasteiger partial charge is 0.490 e. The van der Waals surface area contributed by atoms with Crippen LogP contribution in [0.2, 0.25) is 0 Å². The number of nitrogen functional groups attached to an aromatic ring is 2. The van der Waals surface area contributed by atoms with Crippen LogP contribution in [0.5, 0.6) is 17.4 Å². The Hall–Kier alpha value is -2.54. The third-order valence-corrected chi connectivity index (χ3v) is 2.23. The molecule has 0 aliphatic rings. The molecule has 0 atom stereocenters. The highest BCUT2D eigenvalue weighted by atomic mass is 16.5. The van der Waals surface area contributed by atoms with E-state index in [1.807, 2.05) is 25.1 Å². The Kier molecular flexibility index (Phi) is 3.99. The smallest absolute Gasteiger partial charge is 0.226 e. The topological polar surface area (TPSA) is 108 Å². The van der Waals surface area contributed by atoms with E-state index in [4.69, 9.17) is 21.1 Å². The van der Waals surface area contributed by atoms with Crippen LogP contribution in [-0.4, -0.2) is 16.6 Å². The van der Waals surface area contributed by atoms with E-state index < -0.39 is 0 Å². The number of hydrogen-bond acceptors (Lipinski definition) is 7.